The zero-order valence-corrected chi connectivity index (χ0v) is 29.5. The maximum atomic E-state index is 6.61. The molecule has 2 heteroatoms. The molecule has 0 amide bonds. The van der Waals surface area contributed by atoms with Crippen molar-refractivity contribution in [2.45, 2.75) is 52.4 Å². The molecule has 7 aromatic carbocycles. The summed E-state index contributed by atoms with van der Waals surface area (Å²) < 4.78 is 6.61. The van der Waals surface area contributed by atoms with Crippen LogP contribution in [0.25, 0.3) is 55.0 Å². The molecule has 0 aliphatic heterocycles. The van der Waals surface area contributed by atoms with Crippen molar-refractivity contribution in [1.29, 1.82) is 0 Å². The van der Waals surface area contributed by atoms with Crippen molar-refractivity contribution in [2.75, 3.05) is 4.90 Å². The lowest BCUT2D eigenvalue weighted by Crippen LogP contribution is -2.17. The summed E-state index contributed by atoms with van der Waals surface area (Å²) in [5, 5.41) is 4.76. The number of anilines is 3. The predicted octanol–water partition coefficient (Wildman–Crippen LogP) is 13.4. The highest BCUT2D eigenvalue weighted by atomic mass is 16.3. The lowest BCUT2D eigenvalue weighted by molar-refractivity contribution is 0.652. The third-order valence-corrected chi connectivity index (χ3v) is 11.7. The summed E-state index contributed by atoms with van der Waals surface area (Å²) in [5.41, 5.74) is 18.6. The average Bonchev–Trinajstić information content (AvgIpc) is 3.67. The zero-order chi connectivity index (χ0) is 34.1. The Morgan fingerprint density at radius 1 is 0.460 bits per heavy atom. The maximum Gasteiger partial charge on any atom is 0.159 e. The number of benzene rings is 7. The molecule has 10 rings (SSSR count). The molecule has 0 saturated carbocycles. The van der Waals surface area contributed by atoms with E-state index in [4.69, 9.17) is 4.42 Å². The highest BCUT2D eigenvalue weighted by molar-refractivity contribution is 6.10. The fourth-order valence-electron chi connectivity index (χ4n) is 9.21. The van der Waals surface area contributed by atoms with Crippen LogP contribution in [0.2, 0.25) is 0 Å². The van der Waals surface area contributed by atoms with Crippen LogP contribution in [0.15, 0.2) is 132 Å². The van der Waals surface area contributed by atoms with Gasteiger partial charge in [0.05, 0.1) is 5.69 Å². The minimum absolute atomic E-state index is 0.0279. The Morgan fingerprint density at radius 3 is 1.90 bits per heavy atom. The van der Waals surface area contributed by atoms with Gasteiger partial charge in [0.1, 0.15) is 5.58 Å². The summed E-state index contributed by atoms with van der Waals surface area (Å²) in [4.78, 5) is 2.38. The Labute approximate surface area is 293 Å². The molecule has 0 bridgehead atoms. The summed E-state index contributed by atoms with van der Waals surface area (Å²) in [5.74, 6) is 0. The number of aryl methyl sites for hydroxylation is 2. The van der Waals surface area contributed by atoms with Crippen LogP contribution < -0.4 is 4.90 Å². The van der Waals surface area contributed by atoms with E-state index in [9.17, 15) is 0 Å². The van der Waals surface area contributed by atoms with Crippen LogP contribution in [-0.2, 0) is 10.8 Å². The van der Waals surface area contributed by atoms with Gasteiger partial charge in [-0.1, -0.05) is 94.4 Å². The van der Waals surface area contributed by atoms with E-state index >= 15 is 0 Å². The van der Waals surface area contributed by atoms with E-state index in [0.29, 0.717) is 0 Å². The van der Waals surface area contributed by atoms with E-state index in [1.54, 1.807) is 0 Å². The lowest BCUT2D eigenvalue weighted by Gasteiger charge is -2.27. The lowest BCUT2D eigenvalue weighted by atomic mass is 9.79. The van der Waals surface area contributed by atoms with Gasteiger partial charge >= 0.3 is 0 Å². The highest BCUT2D eigenvalue weighted by Crippen LogP contribution is 2.56. The van der Waals surface area contributed by atoms with Gasteiger partial charge in [-0.3, -0.25) is 0 Å². The molecule has 2 aliphatic carbocycles. The fourth-order valence-corrected chi connectivity index (χ4v) is 9.21. The molecule has 0 saturated heterocycles. The number of hydrogen-bond acceptors (Lipinski definition) is 2. The van der Waals surface area contributed by atoms with Crippen molar-refractivity contribution in [3.63, 3.8) is 0 Å². The van der Waals surface area contributed by atoms with Crippen LogP contribution in [0.5, 0.6) is 0 Å². The van der Waals surface area contributed by atoms with Crippen molar-refractivity contribution in [1.82, 2.24) is 0 Å². The molecule has 0 atom stereocenters. The van der Waals surface area contributed by atoms with Gasteiger partial charge in [0, 0.05) is 33.0 Å². The second-order valence-electron chi connectivity index (χ2n) is 15.6. The Morgan fingerprint density at radius 2 is 1.10 bits per heavy atom. The Hall–Kier alpha value is -5.60. The minimum atomic E-state index is -0.126. The molecule has 0 N–H and O–H groups in total. The first kappa shape index (κ1) is 29.3. The number of furan rings is 1. The Balaban J connectivity index is 1.17. The molecule has 0 spiro atoms. The molecule has 50 heavy (non-hydrogen) atoms. The van der Waals surface area contributed by atoms with Crippen LogP contribution in [-0.4, -0.2) is 0 Å². The van der Waals surface area contributed by atoms with Crippen LogP contribution in [0.3, 0.4) is 0 Å². The smallest absolute Gasteiger partial charge is 0.159 e. The second kappa shape index (κ2) is 9.98. The topological polar surface area (TPSA) is 16.4 Å². The van der Waals surface area contributed by atoms with E-state index in [1.807, 2.05) is 6.07 Å². The monoisotopic (exact) mass is 645 g/mol. The molecule has 0 fully saturated rings. The van der Waals surface area contributed by atoms with Crippen molar-refractivity contribution in [3.8, 4) is 22.3 Å². The molecule has 1 aromatic heterocycles. The number of hydrogen-bond donors (Lipinski definition) is 0. The number of para-hydroxylation sites is 2. The van der Waals surface area contributed by atoms with Gasteiger partial charge in [-0.2, -0.15) is 0 Å². The van der Waals surface area contributed by atoms with Crippen LogP contribution in [0.4, 0.5) is 17.1 Å². The van der Waals surface area contributed by atoms with Gasteiger partial charge in [-0.15, -0.1) is 0 Å². The van der Waals surface area contributed by atoms with Crippen LogP contribution in [0.1, 0.15) is 61.1 Å². The van der Waals surface area contributed by atoms with E-state index in [2.05, 4.69) is 168 Å². The van der Waals surface area contributed by atoms with Gasteiger partial charge < -0.3 is 9.32 Å². The summed E-state index contributed by atoms with van der Waals surface area (Å²) in [7, 11) is 0. The van der Waals surface area contributed by atoms with Gasteiger partial charge in [0.2, 0.25) is 0 Å². The van der Waals surface area contributed by atoms with E-state index in [1.165, 1.54) is 66.4 Å². The highest BCUT2D eigenvalue weighted by Gasteiger charge is 2.41. The number of nitrogens with zero attached hydrogens (tertiary/aromatic N) is 1. The Bertz CT molecular complexity index is 2720. The van der Waals surface area contributed by atoms with E-state index < -0.39 is 0 Å². The van der Waals surface area contributed by atoms with Crippen molar-refractivity contribution >= 4 is 49.8 Å². The molecule has 242 valence electrons. The molecular formula is C48H39NO. The molecule has 8 aromatic rings. The van der Waals surface area contributed by atoms with Gasteiger partial charge in [0.25, 0.3) is 0 Å². The fraction of sp³-hybridized carbons (Fsp3) is 0.167. The van der Waals surface area contributed by atoms with Gasteiger partial charge in [0.15, 0.2) is 5.58 Å². The minimum Gasteiger partial charge on any atom is -0.454 e. The quantitative estimate of drug-likeness (QED) is 0.190. The number of rotatable bonds is 3. The third-order valence-electron chi connectivity index (χ3n) is 11.7. The molecule has 1 heterocycles. The van der Waals surface area contributed by atoms with Crippen molar-refractivity contribution in [3.05, 3.63) is 161 Å². The molecule has 0 unspecified atom stereocenters. The van der Waals surface area contributed by atoms with E-state index in [-0.39, 0.29) is 10.8 Å². The summed E-state index contributed by atoms with van der Waals surface area (Å²) >= 11 is 0. The van der Waals surface area contributed by atoms with Crippen molar-refractivity contribution in [2.24, 2.45) is 0 Å². The first-order valence-electron chi connectivity index (χ1n) is 17.8. The Kier molecular flexibility index (Phi) is 5.86. The van der Waals surface area contributed by atoms with Crippen LogP contribution >= 0.6 is 0 Å². The summed E-state index contributed by atoms with van der Waals surface area (Å²) in [6, 6.07) is 47.5. The molecule has 2 nitrogen and oxygen atoms in total. The van der Waals surface area contributed by atoms with Gasteiger partial charge in [-0.25, -0.2) is 0 Å². The normalized spacial score (nSPS) is 14.9. The summed E-state index contributed by atoms with van der Waals surface area (Å²) in [6.07, 6.45) is 0. The largest absolute Gasteiger partial charge is 0.454 e. The molecule has 2 aliphatic rings. The van der Waals surface area contributed by atoms with Gasteiger partial charge in [-0.05, 0) is 141 Å². The first-order chi connectivity index (χ1) is 24.1. The molecular weight excluding hydrogens is 607 g/mol. The van der Waals surface area contributed by atoms with E-state index in [0.717, 1.165) is 39.0 Å². The maximum absolute atomic E-state index is 6.61. The standard InChI is InChI=1S/C48H39NO/c1-28-20-29(2)22-33(21-28)49(44-16-11-14-36-35-13-8-10-17-45(35)50-46(36)44)32-19-18-30-24-37-39-27-42-38(34-12-7-9-15-40(34)47(42,3)4)26-43(39)48(5,6)41(37)25-31(30)23-32/h7-27H,1-6H3. The van der Waals surface area contributed by atoms with Crippen LogP contribution in [0, 0.1) is 13.8 Å². The molecule has 0 radical (unpaired) electrons. The second-order valence-corrected chi connectivity index (χ2v) is 15.6. The summed E-state index contributed by atoms with van der Waals surface area (Å²) in [6.45, 7) is 13.9. The van der Waals surface area contributed by atoms with Crippen molar-refractivity contribution < 1.29 is 4.42 Å². The third kappa shape index (κ3) is 3.96. The SMILES string of the molecule is Cc1cc(C)cc(N(c2ccc3cc4c(cc3c2)C(C)(C)c2cc3c(cc2-4)C(C)(C)c2ccccc2-3)c2cccc3c2oc2ccccc23)c1. The predicted molar refractivity (Wildman–Crippen MR) is 211 cm³/mol. The zero-order valence-electron chi connectivity index (χ0n) is 29.5. The number of fused-ring (bicyclic) bond motifs is 10. The average molecular weight is 646 g/mol. The first-order valence-corrected chi connectivity index (χ1v) is 17.8.